The first-order chi connectivity index (χ1) is 7.13. The third-order valence-corrected chi connectivity index (χ3v) is 2.07. The molecule has 0 aliphatic heterocycles. The maximum Gasteiger partial charge on any atom is 0.146 e. The topological polar surface area (TPSA) is 35.8 Å². The van der Waals surface area contributed by atoms with Crippen molar-refractivity contribution in [3.05, 3.63) is 30.1 Å². The van der Waals surface area contributed by atoms with Gasteiger partial charge in [0.2, 0.25) is 0 Å². The fraction of sp³-hybridized carbons (Fsp3) is 0.417. The SMILES string of the molecule is CC(C)CC(C#N)Nc1ccccc1F. The zero-order chi connectivity index (χ0) is 11.3. The summed E-state index contributed by atoms with van der Waals surface area (Å²) in [6.45, 7) is 4.07. The molecule has 1 rings (SSSR count). The summed E-state index contributed by atoms with van der Waals surface area (Å²) >= 11 is 0. The number of anilines is 1. The summed E-state index contributed by atoms with van der Waals surface area (Å²) in [7, 11) is 0. The summed E-state index contributed by atoms with van der Waals surface area (Å²) in [5.74, 6) is 0.0930. The quantitative estimate of drug-likeness (QED) is 0.821. The highest BCUT2D eigenvalue weighted by atomic mass is 19.1. The Kier molecular flexibility index (Phi) is 4.11. The van der Waals surface area contributed by atoms with Crippen molar-refractivity contribution in [1.29, 1.82) is 5.26 Å². The molecule has 1 aromatic carbocycles. The van der Waals surface area contributed by atoms with Crippen molar-refractivity contribution in [2.75, 3.05) is 5.32 Å². The van der Waals surface area contributed by atoms with Crippen LogP contribution in [0.3, 0.4) is 0 Å². The van der Waals surface area contributed by atoms with E-state index in [2.05, 4.69) is 11.4 Å². The molecule has 0 saturated heterocycles. The van der Waals surface area contributed by atoms with E-state index in [0.717, 1.165) is 0 Å². The second-order valence-corrected chi connectivity index (χ2v) is 3.94. The summed E-state index contributed by atoms with van der Waals surface area (Å²) in [5.41, 5.74) is 0.393. The maximum absolute atomic E-state index is 13.3. The second kappa shape index (κ2) is 5.35. The molecule has 0 aliphatic rings. The van der Waals surface area contributed by atoms with Gasteiger partial charge in [0.05, 0.1) is 11.8 Å². The molecule has 0 saturated carbocycles. The average molecular weight is 206 g/mol. The van der Waals surface area contributed by atoms with Crippen LogP contribution in [0, 0.1) is 23.1 Å². The highest BCUT2D eigenvalue weighted by molar-refractivity contribution is 5.46. The van der Waals surface area contributed by atoms with Crippen molar-refractivity contribution in [3.63, 3.8) is 0 Å². The first-order valence-electron chi connectivity index (χ1n) is 5.04. The van der Waals surface area contributed by atoms with Crippen LogP contribution in [0.15, 0.2) is 24.3 Å². The van der Waals surface area contributed by atoms with Crippen molar-refractivity contribution < 1.29 is 4.39 Å². The molecule has 0 heterocycles. The van der Waals surface area contributed by atoms with Gasteiger partial charge in [-0.25, -0.2) is 4.39 Å². The number of para-hydroxylation sites is 1. The molecule has 1 N–H and O–H groups in total. The lowest BCUT2D eigenvalue weighted by Gasteiger charge is -2.15. The minimum Gasteiger partial charge on any atom is -0.367 e. The molecule has 1 atom stereocenters. The lowest BCUT2D eigenvalue weighted by Crippen LogP contribution is -2.20. The Bertz CT molecular complexity index is 355. The minimum atomic E-state index is -0.332. The van der Waals surface area contributed by atoms with E-state index in [1.165, 1.54) is 6.07 Å². The summed E-state index contributed by atoms with van der Waals surface area (Å²) in [6.07, 6.45) is 0.713. The van der Waals surface area contributed by atoms with Crippen LogP contribution in [0.4, 0.5) is 10.1 Å². The standard InChI is InChI=1S/C12H15FN2/c1-9(2)7-10(8-14)15-12-6-4-3-5-11(12)13/h3-6,9-10,15H,7H2,1-2H3. The van der Waals surface area contributed by atoms with Crippen molar-refractivity contribution in [2.45, 2.75) is 26.3 Å². The Hall–Kier alpha value is -1.56. The lowest BCUT2D eigenvalue weighted by molar-refractivity contribution is 0.563. The molecule has 0 fully saturated rings. The normalized spacial score (nSPS) is 12.2. The molecule has 0 aromatic heterocycles. The summed E-state index contributed by atoms with van der Waals surface area (Å²) in [6, 6.07) is 8.19. The van der Waals surface area contributed by atoms with Gasteiger partial charge in [-0.15, -0.1) is 0 Å². The van der Waals surface area contributed by atoms with Gasteiger partial charge in [0.25, 0.3) is 0 Å². The van der Waals surface area contributed by atoms with E-state index in [9.17, 15) is 4.39 Å². The number of nitrogens with zero attached hydrogens (tertiary/aromatic N) is 1. The summed E-state index contributed by atoms with van der Waals surface area (Å²) < 4.78 is 13.3. The van der Waals surface area contributed by atoms with Gasteiger partial charge in [0, 0.05) is 0 Å². The molecule has 0 bridgehead atoms. The van der Waals surface area contributed by atoms with Gasteiger partial charge >= 0.3 is 0 Å². The molecule has 0 spiro atoms. The Balaban J connectivity index is 2.68. The van der Waals surface area contributed by atoms with Crippen molar-refractivity contribution in [2.24, 2.45) is 5.92 Å². The smallest absolute Gasteiger partial charge is 0.146 e. The number of nitrogens with one attached hydrogen (secondary N) is 1. The van der Waals surface area contributed by atoms with Gasteiger partial charge < -0.3 is 5.32 Å². The van der Waals surface area contributed by atoms with E-state index in [-0.39, 0.29) is 11.9 Å². The number of hydrogen-bond donors (Lipinski definition) is 1. The monoisotopic (exact) mass is 206 g/mol. The summed E-state index contributed by atoms with van der Waals surface area (Å²) in [5, 5.41) is 11.8. The molecule has 80 valence electrons. The van der Waals surface area contributed by atoms with E-state index in [1.807, 2.05) is 13.8 Å². The van der Waals surface area contributed by atoms with Crippen LogP contribution < -0.4 is 5.32 Å². The molecular weight excluding hydrogens is 191 g/mol. The fourth-order valence-electron chi connectivity index (χ4n) is 1.38. The second-order valence-electron chi connectivity index (χ2n) is 3.94. The Morgan fingerprint density at radius 2 is 2.07 bits per heavy atom. The van der Waals surface area contributed by atoms with Gasteiger partial charge in [-0.3, -0.25) is 0 Å². The van der Waals surface area contributed by atoms with E-state index in [0.29, 0.717) is 18.0 Å². The van der Waals surface area contributed by atoms with E-state index in [1.54, 1.807) is 18.2 Å². The molecule has 0 aliphatic carbocycles. The fourth-order valence-corrected chi connectivity index (χ4v) is 1.38. The molecule has 15 heavy (non-hydrogen) atoms. The Labute approximate surface area is 89.7 Å². The number of rotatable bonds is 4. The molecule has 0 amide bonds. The number of nitriles is 1. The molecule has 0 radical (unpaired) electrons. The zero-order valence-corrected chi connectivity index (χ0v) is 9.00. The van der Waals surface area contributed by atoms with Crippen molar-refractivity contribution in [3.8, 4) is 6.07 Å². The lowest BCUT2D eigenvalue weighted by atomic mass is 10.0. The van der Waals surface area contributed by atoms with Crippen LogP contribution >= 0.6 is 0 Å². The zero-order valence-electron chi connectivity index (χ0n) is 9.00. The van der Waals surface area contributed by atoms with Gasteiger partial charge in [-0.2, -0.15) is 5.26 Å². The van der Waals surface area contributed by atoms with Gasteiger partial charge in [0.1, 0.15) is 11.9 Å². The number of benzene rings is 1. The first kappa shape index (κ1) is 11.5. The van der Waals surface area contributed by atoms with E-state index >= 15 is 0 Å². The average Bonchev–Trinajstić information content (AvgIpc) is 2.19. The molecule has 3 heteroatoms. The van der Waals surface area contributed by atoms with Crippen LogP contribution in [0.5, 0.6) is 0 Å². The van der Waals surface area contributed by atoms with Crippen LogP contribution in [0.25, 0.3) is 0 Å². The maximum atomic E-state index is 13.3. The van der Waals surface area contributed by atoms with Crippen molar-refractivity contribution >= 4 is 5.69 Å². The molecule has 1 unspecified atom stereocenters. The first-order valence-corrected chi connectivity index (χ1v) is 5.04. The predicted molar refractivity (Wildman–Crippen MR) is 58.9 cm³/mol. The third kappa shape index (κ3) is 3.59. The largest absolute Gasteiger partial charge is 0.367 e. The van der Waals surface area contributed by atoms with E-state index in [4.69, 9.17) is 5.26 Å². The summed E-state index contributed by atoms with van der Waals surface area (Å²) in [4.78, 5) is 0. The number of halogens is 1. The molecule has 2 nitrogen and oxygen atoms in total. The number of hydrogen-bond acceptors (Lipinski definition) is 2. The van der Waals surface area contributed by atoms with E-state index < -0.39 is 0 Å². The Morgan fingerprint density at radius 3 is 2.60 bits per heavy atom. The predicted octanol–water partition coefficient (Wildman–Crippen LogP) is 3.18. The third-order valence-electron chi connectivity index (χ3n) is 2.07. The highest BCUT2D eigenvalue weighted by Gasteiger charge is 2.11. The van der Waals surface area contributed by atoms with Crippen molar-refractivity contribution in [1.82, 2.24) is 0 Å². The van der Waals surface area contributed by atoms with Crippen LogP contribution in [-0.2, 0) is 0 Å². The minimum absolute atomic E-state index is 0.318. The van der Waals surface area contributed by atoms with Gasteiger partial charge in [0.15, 0.2) is 0 Å². The van der Waals surface area contributed by atoms with Gasteiger partial charge in [-0.1, -0.05) is 26.0 Å². The van der Waals surface area contributed by atoms with Crippen LogP contribution in [0.1, 0.15) is 20.3 Å². The van der Waals surface area contributed by atoms with Crippen LogP contribution in [0.2, 0.25) is 0 Å². The van der Waals surface area contributed by atoms with Crippen LogP contribution in [-0.4, -0.2) is 6.04 Å². The highest BCUT2D eigenvalue weighted by Crippen LogP contribution is 2.16. The molecule has 1 aromatic rings. The van der Waals surface area contributed by atoms with Gasteiger partial charge in [-0.05, 0) is 24.5 Å². The molecular formula is C12H15FN2. The Morgan fingerprint density at radius 1 is 1.40 bits per heavy atom.